The number of esters is 1. The first-order valence-corrected chi connectivity index (χ1v) is 7.76. The number of carbonyl (C=O) groups excluding carboxylic acids is 1. The number of hydrogen-bond acceptors (Lipinski definition) is 3. The second-order valence-electron chi connectivity index (χ2n) is 6.87. The van der Waals surface area contributed by atoms with Crippen LogP contribution in [0.3, 0.4) is 0 Å². The van der Waals surface area contributed by atoms with Gasteiger partial charge in [0.1, 0.15) is 6.10 Å². The van der Waals surface area contributed by atoms with E-state index in [0.717, 1.165) is 23.3 Å². The van der Waals surface area contributed by atoms with Crippen LogP contribution in [0, 0.1) is 11.3 Å². The molecule has 0 heterocycles. The largest absolute Gasteiger partial charge is 0.462 e. The first-order valence-electron chi connectivity index (χ1n) is 7.31. The molecule has 20 heavy (non-hydrogen) atoms. The van der Waals surface area contributed by atoms with Crippen molar-refractivity contribution in [2.45, 2.75) is 57.5 Å². The van der Waals surface area contributed by atoms with Gasteiger partial charge in [0, 0.05) is 4.90 Å². The minimum absolute atomic E-state index is 0.0744. The van der Waals surface area contributed by atoms with Crippen LogP contribution in [0.5, 0.6) is 0 Å². The molecule has 0 N–H and O–H groups in total. The number of benzene rings is 1. The molecule has 2 atom stereocenters. The van der Waals surface area contributed by atoms with E-state index in [9.17, 15) is 4.79 Å². The molecule has 3 heteroatoms. The van der Waals surface area contributed by atoms with Crippen molar-refractivity contribution in [3.05, 3.63) is 29.8 Å². The second kappa shape index (κ2) is 6.21. The lowest BCUT2D eigenvalue weighted by molar-refractivity contribution is -0.152. The molecule has 1 aromatic carbocycles. The molecule has 0 radical (unpaired) electrons. The van der Waals surface area contributed by atoms with E-state index in [1.807, 2.05) is 24.3 Å². The lowest BCUT2D eigenvalue weighted by Gasteiger charge is -2.38. The van der Waals surface area contributed by atoms with Gasteiger partial charge in [-0.05, 0) is 48.3 Å². The van der Waals surface area contributed by atoms with E-state index in [1.54, 1.807) is 0 Å². The van der Waals surface area contributed by atoms with Gasteiger partial charge in [-0.25, -0.2) is 0 Å². The Labute approximate surface area is 127 Å². The molecule has 0 saturated heterocycles. The van der Waals surface area contributed by atoms with Crippen LogP contribution in [-0.2, 0) is 16.0 Å². The van der Waals surface area contributed by atoms with Crippen LogP contribution in [0.4, 0.5) is 0 Å². The molecule has 2 unspecified atom stereocenters. The molecular formula is C17H24O2S. The summed E-state index contributed by atoms with van der Waals surface area (Å²) in [6.07, 6.45) is 3.60. The average Bonchev–Trinajstić information content (AvgIpc) is 2.29. The van der Waals surface area contributed by atoms with Gasteiger partial charge in [-0.3, -0.25) is 4.79 Å². The van der Waals surface area contributed by atoms with E-state index in [1.165, 1.54) is 6.42 Å². The maximum absolute atomic E-state index is 12.0. The Morgan fingerprint density at radius 3 is 2.55 bits per heavy atom. The Hall–Kier alpha value is -0.960. The fourth-order valence-corrected chi connectivity index (χ4v) is 3.51. The Morgan fingerprint density at radius 2 is 1.95 bits per heavy atom. The number of rotatable bonds is 3. The summed E-state index contributed by atoms with van der Waals surface area (Å²) in [6, 6.07) is 7.66. The monoisotopic (exact) mass is 292 g/mol. The number of ether oxygens (including phenoxy) is 1. The Kier molecular flexibility index (Phi) is 4.79. The van der Waals surface area contributed by atoms with Crippen LogP contribution in [0.2, 0.25) is 0 Å². The van der Waals surface area contributed by atoms with Gasteiger partial charge in [-0.1, -0.05) is 32.9 Å². The van der Waals surface area contributed by atoms with Crippen molar-refractivity contribution >= 4 is 18.6 Å². The summed E-state index contributed by atoms with van der Waals surface area (Å²) in [4.78, 5) is 12.9. The number of thiol groups is 1. The first kappa shape index (κ1) is 15.4. The van der Waals surface area contributed by atoms with Crippen LogP contribution in [0.25, 0.3) is 0 Å². The zero-order valence-electron chi connectivity index (χ0n) is 12.6. The summed E-state index contributed by atoms with van der Waals surface area (Å²) in [7, 11) is 0. The van der Waals surface area contributed by atoms with Crippen LogP contribution in [0.15, 0.2) is 29.2 Å². The second-order valence-corrected chi connectivity index (χ2v) is 7.38. The van der Waals surface area contributed by atoms with Crippen molar-refractivity contribution in [1.29, 1.82) is 0 Å². The first-order chi connectivity index (χ1) is 9.34. The molecule has 1 saturated carbocycles. The van der Waals surface area contributed by atoms with E-state index in [0.29, 0.717) is 12.3 Å². The fraction of sp³-hybridized carbons (Fsp3) is 0.588. The Balaban J connectivity index is 1.89. The third kappa shape index (κ3) is 4.55. The van der Waals surface area contributed by atoms with E-state index < -0.39 is 0 Å². The van der Waals surface area contributed by atoms with E-state index in [2.05, 4.69) is 33.4 Å². The van der Waals surface area contributed by atoms with Gasteiger partial charge in [-0.2, -0.15) is 0 Å². The maximum atomic E-state index is 12.0. The van der Waals surface area contributed by atoms with E-state index in [-0.39, 0.29) is 17.5 Å². The molecule has 2 rings (SSSR count). The fourth-order valence-electron chi connectivity index (χ4n) is 3.36. The molecule has 2 nitrogen and oxygen atoms in total. The smallest absolute Gasteiger partial charge is 0.310 e. The predicted molar refractivity (Wildman–Crippen MR) is 84.1 cm³/mol. The SMILES string of the molecule is CC1CC(OC(=O)Cc2ccc(S)cc2)CC(C)(C)C1. The molecule has 0 aromatic heterocycles. The molecule has 1 aliphatic rings. The highest BCUT2D eigenvalue weighted by Gasteiger charge is 2.33. The van der Waals surface area contributed by atoms with Crippen molar-refractivity contribution in [2.24, 2.45) is 11.3 Å². The van der Waals surface area contributed by atoms with Crippen molar-refractivity contribution in [3.63, 3.8) is 0 Å². The van der Waals surface area contributed by atoms with Gasteiger partial charge in [0.15, 0.2) is 0 Å². The van der Waals surface area contributed by atoms with Crippen LogP contribution < -0.4 is 0 Å². The standard InChI is InChI=1S/C17H24O2S/c1-12-8-14(11-17(2,3)10-12)19-16(18)9-13-4-6-15(20)7-5-13/h4-7,12,14,20H,8-11H2,1-3H3. The van der Waals surface area contributed by atoms with Gasteiger partial charge in [-0.15, -0.1) is 12.6 Å². The normalized spacial score (nSPS) is 25.2. The van der Waals surface area contributed by atoms with Crippen LogP contribution >= 0.6 is 12.6 Å². The highest BCUT2D eigenvalue weighted by molar-refractivity contribution is 7.80. The van der Waals surface area contributed by atoms with Gasteiger partial charge < -0.3 is 4.74 Å². The molecule has 1 aromatic rings. The summed E-state index contributed by atoms with van der Waals surface area (Å²) in [6.45, 7) is 6.76. The van der Waals surface area contributed by atoms with Gasteiger partial charge in [0.25, 0.3) is 0 Å². The molecule has 0 aliphatic heterocycles. The van der Waals surface area contributed by atoms with Crippen molar-refractivity contribution in [3.8, 4) is 0 Å². The van der Waals surface area contributed by atoms with Gasteiger partial charge >= 0.3 is 5.97 Å². The van der Waals surface area contributed by atoms with Crippen molar-refractivity contribution in [2.75, 3.05) is 0 Å². The Bertz CT molecular complexity index is 464. The number of carbonyl (C=O) groups is 1. The molecular weight excluding hydrogens is 268 g/mol. The van der Waals surface area contributed by atoms with Gasteiger partial charge in [0.05, 0.1) is 6.42 Å². The summed E-state index contributed by atoms with van der Waals surface area (Å²) in [5, 5.41) is 0. The van der Waals surface area contributed by atoms with Crippen LogP contribution in [0.1, 0.15) is 45.6 Å². The summed E-state index contributed by atoms with van der Waals surface area (Å²) >= 11 is 4.24. The van der Waals surface area contributed by atoms with Crippen molar-refractivity contribution < 1.29 is 9.53 Å². The predicted octanol–water partition coefficient (Wildman–Crippen LogP) is 4.28. The number of hydrogen-bond donors (Lipinski definition) is 1. The summed E-state index contributed by atoms with van der Waals surface area (Å²) < 4.78 is 5.67. The molecule has 0 spiro atoms. The summed E-state index contributed by atoms with van der Waals surface area (Å²) in [5.41, 5.74) is 1.26. The van der Waals surface area contributed by atoms with E-state index >= 15 is 0 Å². The molecule has 0 bridgehead atoms. The summed E-state index contributed by atoms with van der Waals surface area (Å²) in [5.74, 6) is 0.506. The third-order valence-electron chi connectivity index (χ3n) is 3.93. The molecule has 110 valence electrons. The lowest BCUT2D eigenvalue weighted by Crippen LogP contribution is -2.34. The van der Waals surface area contributed by atoms with Crippen molar-refractivity contribution in [1.82, 2.24) is 0 Å². The van der Waals surface area contributed by atoms with E-state index in [4.69, 9.17) is 4.74 Å². The zero-order valence-corrected chi connectivity index (χ0v) is 13.5. The molecule has 0 amide bonds. The average molecular weight is 292 g/mol. The highest BCUT2D eigenvalue weighted by atomic mass is 32.1. The minimum atomic E-state index is -0.119. The topological polar surface area (TPSA) is 26.3 Å². The lowest BCUT2D eigenvalue weighted by atomic mass is 9.71. The quantitative estimate of drug-likeness (QED) is 0.665. The van der Waals surface area contributed by atoms with Crippen LogP contribution in [-0.4, -0.2) is 12.1 Å². The molecule has 1 aliphatic carbocycles. The third-order valence-corrected chi connectivity index (χ3v) is 4.23. The van der Waals surface area contributed by atoms with Gasteiger partial charge in [0.2, 0.25) is 0 Å². The zero-order chi connectivity index (χ0) is 14.8. The molecule has 1 fully saturated rings. The maximum Gasteiger partial charge on any atom is 0.310 e. The minimum Gasteiger partial charge on any atom is -0.462 e. The Morgan fingerprint density at radius 1 is 1.30 bits per heavy atom. The highest BCUT2D eigenvalue weighted by Crippen LogP contribution is 2.39.